The molecule has 2 rings (SSSR count). The summed E-state index contributed by atoms with van der Waals surface area (Å²) in [5.74, 6) is -0.0568. The fourth-order valence-electron chi connectivity index (χ4n) is 1.33. The summed E-state index contributed by atoms with van der Waals surface area (Å²) in [5.41, 5.74) is 0.512. The summed E-state index contributed by atoms with van der Waals surface area (Å²) in [6.45, 7) is 1.67. The van der Waals surface area contributed by atoms with Crippen LogP contribution in [-0.4, -0.2) is 16.2 Å². The van der Waals surface area contributed by atoms with Crippen molar-refractivity contribution < 1.29 is 9.13 Å². The van der Waals surface area contributed by atoms with Gasteiger partial charge in [-0.05, 0) is 24.8 Å². The van der Waals surface area contributed by atoms with Crippen molar-refractivity contribution in [2.75, 3.05) is 6.26 Å². The number of aromatic nitrogens is 2. The van der Waals surface area contributed by atoms with E-state index < -0.39 is 5.82 Å². The first kappa shape index (κ1) is 13.1. The van der Waals surface area contributed by atoms with E-state index in [-0.39, 0.29) is 16.8 Å². The van der Waals surface area contributed by atoms with Gasteiger partial charge in [0.2, 0.25) is 5.88 Å². The van der Waals surface area contributed by atoms with Crippen LogP contribution in [0, 0.1) is 12.7 Å². The van der Waals surface area contributed by atoms with Gasteiger partial charge in [-0.1, -0.05) is 35.5 Å². The molecule has 3 nitrogen and oxygen atoms in total. The molecule has 1 aromatic heterocycles. The van der Waals surface area contributed by atoms with Crippen LogP contribution < -0.4 is 4.74 Å². The number of nitrogens with zero attached hydrogens (tertiary/aromatic N) is 2. The van der Waals surface area contributed by atoms with Gasteiger partial charge >= 0.3 is 0 Å². The van der Waals surface area contributed by atoms with Crippen molar-refractivity contribution >= 4 is 23.4 Å². The number of halogens is 2. The third-order valence-electron chi connectivity index (χ3n) is 2.20. The molecule has 0 amide bonds. The molecule has 0 N–H and O–H groups in total. The first-order valence-corrected chi connectivity index (χ1v) is 6.72. The quantitative estimate of drug-likeness (QED) is 0.483. The third-order valence-corrected chi connectivity index (χ3v) is 2.95. The van der Waals surface area contributed by atoms with Gasteiger partial charge in [0.05, 0.1) is 0 Å². The predicted octanol–water partition coefficient (Wildman–Crippen LogP) is 4.09. The average Bonchev–Trinajstić information content (AvgIpc) is 2.34. The van der Waals surface area contributed by atoms with Gasteiger partial charge in [-0.3, -0.25) is 0 Å². The van der Waals surface area contributed by atoms with Crippen molar-refractivity contribution in [3.8, 4) is 11.6 Å². The lowest BCUT2D eigenvalue weighted by Gasteiger charge is -2.08. The van der Waals surface area contributed by atoms with Gasteiger partial charge in [0.15, 0.2) is 16.7 Å². The summed E-state index contributed by atoms with van der Waals surface area (Å²) < 4.78 is 19.2. The first-order valence-electron chi connectivity index (χ1n) is 5.11. The molecule has 94 valence electrons. The fraction of sp³-hybridized carbons (Fsp3) is 0.167. The van der Waals surface area contributed by atoms with Gasteiger partial charge in [-0.15, -0.1) is 0 Å². The minimum Gasteiger partial charge on any atom is -0.436 e. The molecule has 0 spiro atoms. The van der Waals surface area contributed by atoms with Crippen molar-refractivity contribution in [1.82, 2.24) is 9.97 Å². The predicted molar refractivity (Wildman–Crippen MR) is 70.0 cm³/mol. The zero-order chi connectivity index (χ0) is 13.1. The Morgan fingerprint density at radius 2 is 2.11 bits per heavy atom. The van der Waals surface area contributed by atoms with E-state index in [1.54, 1.807) is 19.1 Å². The molecular formula is C12H10ClFN2OS. The molecule has 0 saturated heterocycles. The molecule has 0 aliphatic carbocycles. The van der Waals surface area contributed by atoms with Gasteiger partial charge in [0, 0.05) is 6.07 Å². The van der Waals surface area contributed by atoms with E-state index in [4.69, 9.17) is 16.3 Å². The van der Waals surface area contributed by atoms with Crippen LogP contribution in [-0.2, 0) is 0 Å². The molecule has 18 heavy (non-hydrogen) atoms. The molecule has 6 heteroatoms. The molecule has 0 atom stereocenters. The molecule has 0 unspecified atom stereocenters. The van der Waals surface area contributed by atoms with E-state index in [0.29, 0.717) is 10.7 Å². The number of thioether (sulfide) groups is 1. The maximum absolute atomic E-state index is 13.8. The maximum atomic E-state index is 13.8. The van der Waals surface area contributed by atoms with Gasteiger partial charge in [0.25, 0.3) is 0 Å². The van der Waals surface area contributed by atoms with Crippen LogP contribution in [0.15, 0.2) is 29.4 Å². The molecule has 0 radical (unpaired) electrons. The Balaban J connectivity index is 2.34. The average molecular weight is 285 g/mol. The van der Waals surface area contributed by atoms with Crippen LogP contribution in [0.3, 0.4) is 0 Å². The summed E-state index contributed by atoms with van der Waals surface area (Å²) in [4.78, 5) is 8.07. The second-order valence-electron chi connectivity index (χ2n) is 3.50. The topological polar surface area (TPSA) is 35.0 Å². The molecule has 0 saturated carbocycles. The van der Waals surface area contributed by atoms with E-state index in [2.05, 4.69) is 9.97 Å². The molecular weight excluding hydrogens is 275 g/mol. The van der Waals surface area contributed by atoms with Crippen LogP contribution >= 0.6 is 23.4 Å². The Bertz CT molecular complexity index is 580. The lowest BCUT2D eigenvalue weighted by Crippen LogP contribution is -1.95. The number of hydrogen-bond acceptors (Lipinski definition) is 4. The number of aryl methyl sites for hydroxylation is 1. The summed E-state index contributed by atoms with van der Waals surface area (Å²) >= 11 is 7.16. The largest absolute Gasteiger partial charge is 0.436 e. The molecule has 1 heterocycles. The van der Waals surface area contributed by atoms with Gasteiger partial charge in [-0.2, -0.15) is 4.98 Å². The third kappa shape index (κ3) is 2.91. The molecule has 0 aliphatic rings. The van der Waals surface area contributed by atoms with E-state index >= 15 is 0 Å². The standard InChI is InChI=1S/C12H10ClFN2OS/c1-7-4-3-5-8(11(7)14)17-10-6-9(13)15-12(16-10)18-2/h3-6H,1-2H3. The summed E-state index contributed by atoms with van der Waals surface area (Å²) in [6, 6.07) is 6.37. The highest BCUT2D eigenvalue weighted by Crippen LogP contribution is 2.27. The Morgan fingerprint density at radius 3 is 2.83 bits per heavy atom. The van der Waals surface area contributed by atoms with Crippen molar-refractivity contribution in [3.05, 3.63) is 40.8 Å². The number of hydrogen-bond donors (Lipinski definition) is 0. The Kier molecular flexibility index (Phi) is 4.04. The minimum atomic E-state index is -0.405. The van der Waals surface area contributed by atoms with Crippen molar-refractivity contribution in [3.63, 3.8) is 0 Å². The monoisotopic (exact) mass is 284 g/mol. The van der Waals surface area contributed by atoms with E-state index in [1.165, 1.54) is 23.9 Å². The summed E-state index contributed by atoms with van der Waals surface area (Å²) in [6.07, 6.45) is 1.82. The van der Waals surface area contributed by atoms with E-state index in [0.717, 1.165) is 0 Å². The van der Waals surface area contributed by atoms with E-state index in [1.807, 2.05) is 6.26 Å². The fourth-order valence-corrected chi connectivity index (χ4v) is 1.93. The number of benzene rings is 1. The number of rotatable bonds is 3. The van der Waals surface area contributed by atoms with Crippen molar-refractivity contribution in [1.29, 1.82) is 0 Å². The highest BCUT2D eigenvalue weighted by molar-refractivity contribution is 7.98. The van der Waals surface area contributed by atoms with Crippen LogP contribution in [0.25, 0.3) is 0 Å². The summed E-state index contributed by atoms with van der Waals surface area (Å²) in [7, 11) is 0. The zero-order valence-corrected chi connectivity index (χ0v) is 11.3. The van der Waals surface area contributed by atoms with Gasteiger partial charge in [-0.25, -0.2) is 9.37 Å². The highest BCUT2D eigenvalue weighted by atomic mass is 35.5. The second kappa shape index (κ2) is 5.54. The molecule has 0 bridgehead atoms. The van der Waals surface area contributed by atoms with Crippen LogP contribution in [0.2, 0.25) is 5.15 Å². The summed E-state index contributed by atoms with van der Waals surface area (Å²) in [5, 5.41) is 0.739. The Hall–Kier alpha value is -1.33. The minimum absolute atomic E-state index is 0.122. The Morgan fingerprint density at radius 1 is 1.33 bits per heavy atom. The van der Waals surface area contributed by atoms with Crippen LogP contribution in [0.4, 0.5) is 4.39 Å². The first-order chi connectivity index (χ1) is 8.60. The molecule has 2 aromatic rings. The zero-order valence-electron chi connectivity index (χ0n) is 9.78. The van der Waals surface area contributed by atoms with Crippen molar-refractivity contribution in [2.45, 2.75) is 12.1 Å². The number of ether oxygens (including phenoxy) is 1. The second-order valence-corrected chi connectivity index (χ2v) is 4.67. The van der Waals surface area contributed by atoms with Gasteiger partial charge < -0.3 is 4.74 Å². The highest BCUT2D eigenvalue weighted by Gasteiger charge is 2.09. The van der Waals surface area contributed by atoms with E-state index in [9.17, 15) is 4.39 Å². The lowest BCUT2D eigenvalue weighted by atomic mass is 10.2. The maximum Gasteiger partial charge on any atom is 0.224 e. The Labute approximate surface area is 113 Å². The molecule has 0 fully saturated rings. The smallest absolute Gasteiger partial charge is 0.224 e. The van der Waals surface area contributed by atoms with Gasteiger partial charge in [0.1, 0.15) is 5.15 Å². The van der Waals surface area contributed by atoms with Crippen LogP contribution in [0.1, 0.15) is 5.56 Å². The molecule has 0 aliphatic heterocycles. The SMILES string of the molecule is CSc1nc(Cl)cc(Oc2cccc(C)c2F)n1. The molecule has 1 aromatic carbocycles. The van der Waals surface area contributed by atoms with Crippen LogP contribution in [0.5, 0.6) is 11.6 Å². The normalized spacial score (nSPS) is 10.4. The van der Waals surface area contributed by atoms with Crippen molar-refractivity contribution in [2.24, 2.45) is 0 Å². The lowest BCUT2D eigenvalue weighted by molar-refractivity contribution is 0.420.